The van der Waals surface area contributed by atoms with Gasteiger partial charge in [-0.2, -0.15) is 0 Å². The SMILES string of the molecule is COc1cccc2cc(CNC3CCCCNC3=O)oc12.Cl. The summed E-state index contributed by atoms with van der Waals surface area (Å²) in [6, 6.07) is 7.65. The minimum atomic E-state index is -0.136. The van der Waals surface area contributed by atoms with Gasteiger partial charge in [0.15, 0.2) is 11.3 Å². The summed E-state index contributed by atoms with van der Waals surface area (Å²) < 4.78 is 11.1. The van der Waals surface area contributed by atoms with Gasteiger partial charge in [-0.15, -0.1) is 12.4 Å². The summed E-state index contributed by atoms with van der Waals surface area (Å²) in [6.45, 7) is 1.31. The molecule has 2 N–H and O–H groups in total. The highest BCUT2D eigenvalue weighted by atomic mass is 35.5. The van der Waals surface area contributed by atoms with Gasteiger partial charge in [-0.25, -0.2) is 0 Å². The second-order valence-corrected chi connectivity index (χ2v) is 5.31. The van der Waals surface area contributed by atoms with Crippen molar-refractivity contribution in [2.24, 2.45) is 0 Å². The third kappa shape index (κ3) is 3.54. The number of methoxy groups -OCH3 is 1. The molecule has 0 saturated carbocycles. The van der Waals surface area contributed by atoms with Crippen LogP contribution in [0.1, 0.15) is 25.0 Å². The molecule has 1 amide bonds. The van der Waals surface area contributed by atoms with Gasteiger partial charge in [-0.3, -0.25) is 10.1 Å². The predicted molar refractivity (Wildman–Crippen MR) is 87.5 cm³/mol. The van der Waals surface area contributed by atoms with Crippen LogP contribution in [0.15, 0.2) is 28.7 Å². The largest absolute Gasteiger partial charge is 0.493 e. The number of para-hydroxylation sites is 1. The lowest BCUT2D eigenvalue weighted by Gasteiger charge is -2.13. The second-order valence-electron chi connectivity index (χ2n) is 5.31. The van der Waals surface area contributed by atoms with Gasteiger partial charge >= 0.3 is 0 Å². The van der Waals surface area contributed by atoms with E-state index in [0.29, 0.717) is 6.54 Å². The number of amides is 1. The number of benzene rings is 1. The van der Waals surface area contributed by atoms with E-state index in [2.05, 4.69) is 10.6 Å². The maximum absolute atomic E-state index is 11.9. The molecule has 0 bridgehead atoms. The second kappa shape index (κ2) is 7.51. The van der Waals surface area contributed by atoms with Gasteiger partial charge < -0.3 is 14.5 Å². The van der Waals surface area contributed by atoms with Gasteiger partial charge in [0, 0.05) is 11.9 Å². The number of hydrogen-bond acceptors (Lipinski definition) is 4. The van der Waals surface area contributed by atoms with Crippen LogP contribution in [0.4, 0.5) is 0 Å². The first-order valence-electron chi connectivity index (χ1n) is 7.34. The molecule has 1 aliphatic rings. The molecule has 1 aromatic carbocycles. The molecule has 1 fully saturated rings. The Morgan fingerprint density at radius 3 is 3.09 bits per heavy atom. The highest BCUT2D eigenvalue weighted by Crippen LogP contribution is 2.28. The van der Waals surface area contributed by atoms with Crippen LogP contribution in [0.2, 0.25) is 0 Å². The van der Waals surface area contributed by atoms with E-state index >= 15 is 0 Å². The molecule has 120 valence electrons. The maximum Gasteiger partial charge on any atom is 0.237 e. The molecule has 5 nitrogen and oxygen atoms in total. The Balaban J connectivity index is 0.00000176. The summed E-state index contributed by atoms with van der Waals surface area (Å²) in [7, 11) is 1.63. The molecule has 1 unspecified atom stereocenters. The standard InChI is InChI=1S/C16H20N2O3.ClH/c1-20-14-7-4-5-11-9-12(21-15(11)14)10-18-13-6-2-3-8-17-16(13)19;/h4-5,7,9,13,18H,2-3,6,8,10H2,1H3,(H,17,19);1H. The smallest absolute Gasteiger partial charge is 0.237 e. The predicted octanol–water partition coefficient (Wildman–Crippen LogP) is 2.62. The Hall–Kier alpha value is -1.72. The van der Waals surface area contributed by atoms with Crippen molar-refractivity contribution in [2.45, 2.75) is 31.8 Å². The van der Waals surface area contributed by atoms with Gasteiger partial charge in [0.25, 0.3) is 0 Å². The lowest BCUT2D eigenvalue weighted by Crippen LogP contribution is -2.42. The van der Waals surface area contributed by atoms with Crippen LogP contribution in [0.5, 0.6) is 5.75 Å². The highest BCUT2D eigenvalue weighted by molar-refractivity contribution is 5.85. The molecular formula is C16H21ClN2O3. The lowest BCUT2D eigenvalue weighted by molar-refractivity contribution is -0.122. The van der Waals surface area contributed by atoms with Gasteiger partial charge in [0.1, 0.15) is 5.76 Å². The first kappa shape index (κ1) is 16.6. The zero-order valence-electron chi connectivity index (χ0n) is 12.6. The quantitative estimate of drug-likeness (QED) is 0.907. The Labute approximate surface area is 135 Å². The number of nitrogens with one attached hydrogen (secondary N) is 2. The number of fused-ring (bicyclic) bond motifs is 1. The van der Waals surface area contributed by atoms with Gasteiger partial charge in [0.05, 0.1) is 19.7 Å². The van der Waals surface area contributed by atoms with Crippen molar-refractivity contribution in [1.29, 1.82) is 0 Å². The van der Waals surface area contributed by atoms with Gasteiger partial charge in [-0.1, -0.05) is 12.1 Å². The summed E-state index contributed by atoms with van der Waals surface area (Å²) in [5.41, 5.74) is 0.752. The average Bonchev–Trinajstić information content (AvgIpc) is 2.81. The minimum Gasteiger partial charge on any atom is -0.493 e. The fourth-order valence-corrected chi connectivity index (χ4v) is 2.70. The molecule has 1 aromatic heterocycles. The van der Waals surface area contributed by atoms with E-state index < -0.39 is 0 Å². The van der Waals surface area contributed by atoms with Crippen molar-refractivity contribution in [2.75, 3.05) is 13.7 Å². The third-order valence-electron chi connectivity index (χ3n) is 3.84. The normalized spacial score (nSPS) is 18.4. The van der Waals surface area contributed by atoms with E-state index in [4.69, 9.17) is 9.15 Å². The summed E-state index contributed by atoms with van der Waals surface area (Å²) in [6.07, 6.45) is 2.98. The molecular weight excluding hydrogens is 304 g/mol. The van der Waals surface area contributed by atoms with Crippen LogP contribution in [0, 0.1) is 0 Å². The van der Waals surface area contributed by atoms with Crippen LogP contribution in [0.25, 0.3) is 11.0 Å². The van der Waals surface area contributed by atoms with Gasteiger partial charge in [0.2, 0.25) is 5.91 Å². The third-order valence-corrected chi connectivity index (χ3v) is 3.84. The van der Waals surface area contributed by atoms with Crippen LogP contribution in [-0.2, 0) is 11.3 Å². The van der Waals surface area contributed by atoms with Crippen molar-refractivity contribution in [3.05, 3.63) is 30.0 Å². The van der Waals surface area contributed by atoms with Crippen molar-refractivity contribution in [3.63, 3.8) is 0 Å². The molecule has 2 heterocycles. The molecule has 1 saturated heterocycles. The summed E-state index contributed by atoms with van der Waals surface area (Å²) in [5.74, 6) is 1.62. The zero-order valence-corrected chi connectivity index (χ0v) is 13.4. The first-order valence-corrected chi connectivity index (χ1v) is 7.34. The van der Waals surface area contributed by atoms with Crippen molar-refractivity contribution in [3.8, 4) is 5.75 Å². The number of carbonyl (C=O) groups excluding carboxylic acids is 1. The molecule has 1 atom stereocenters. The Morgan fingerprint density at radius 1 is 1.41 bits per heavy atom. The Bertz CT molecular complexity index is 641. The number of carbonyl (C=O) groups is 1. The van der Waals surface area contributed by atoms with E-state index in [9.17, 15) is 4.79 Å². The molecule has 0 aliphatic carbocycles. The molecule has 0 spiro atoms. The topological polar surface area (TPSA) is 63.5 Å². The van der Waals surface area contributed by atoms with E-state index in [-0.39, 0.29) is 24.4 Å². The van der Waals surface area contributed by atoms with Crippen molar-refractivity contribution < 1.29 is 13.9 Å². The molecule has 1 aliphatic heterocycles. The number of halogens is 1. The van der Waals surface area contributed by atoms with E-state index in [0.717, 1.165) is 48.3 Å². The fraction of sp³-hybridized carbons (Fsp3) is 0.438. The molecule has 22 heavy (non-hydrogen) atoms. The van der Waals surface area contributed by atoms with E-state index in [1.807, 2.05) is 24.3 Å². The Kier molecular flexibility index (Phi) is 5.69. The van der Waals surface area contributed by atoms with Gasteiger partial charge in [-0.05, 0) is 31.4 Å². The minimum absolute atomic E-state index is 0. The molecule has 2 aromatic rings. The number of furan rings is 1. The highest BCUT2D eigenvalue weighted by Gasteiger charge is 2.20. The van der Waals surface area contributed by atoms with Crippen molar-refractivity contribution in [1.82, 2.24) is 10.6 Å². The fourth-order valence-electron chi connectivity index (χ4n) is 2.70. The average molecular weight is 325 g/mol. The zero-order chi connectivity index (χ0) is 14.7. The molecule has 0 radical (unpaired) electrons. The summed E-state index contributed by atoms with van der Waals surface area (Å²) in [5, 5.41) is 7.21. The van der Waals surface area contributed by atoms with Crippen LogP contribution in [0.3, 0.4) is 0 Å². The monoisotopic (exact) mass is 324 g/mol. The van der Waals surface area contributed by atoms with Crippen LogP contribution >= 0.6 is 12.4 Å². The van der Waals surface area contributed by atoms with Crippen LogP contribution in [-0.4, -0.2) is 25.6 Å². The number of hydrogen-bond donors (Lipinski definition) is 2. The summed E-state index contributed by atoms with van der Waals surface area (Å²) >= 11 is 0. The number of ether oxygens (including phenoxy) is 1. The van der Waals surface area contributed by atoms with E-state index in [1.165, 1.54) is 0 Å². The van der Waals surface area contributed by atoms with Crippen molar-refractivity contribution >= 4 is 29.3 Å². The lowest BCUT2D eigenvalue weighted by atomic mass is 10.1. The molecule has 6 heteroatoms. The maximum atomic E-state index is 11.9. The number of rotatable bonds is 4. The first-order chi connectivity index (χ1) is 10.3. The van der Waals surface area contributed by atoms with E-state index in [1.54, 1.807) is 7.11 Å². The van der Waals surface area contributed by atoms with Crippen LogP contribution < -0.4 is 15.4 Å². The summed E-state index contributed by atoms with van der Waals surface area (Å²) in [4.78, 5) is 11.9. The Morgan fingerprint density at radius 2 is 2.27 bits per heavy atom. The molecule has 3 rings (SSSR count).